The van der Waals surface area contributed by atoms with Gasteiger partial charge in [0.1, 0.15) is 11.4 Å². The van der Waals surface area contributed by atoms with Crippen molar-refractivity contribution in [1.29, 1.82) is 0 Å². The molecule has 0 bridgehead atoms. The minimum absolute atomic E-state index is 0.328. The third kappa shape index (κ3) is 2.57. The van der Waals surface area contributed by atoms with E-state index in [4.69, 9.17) is 0 Å². The number of pyridine rings is 1. The van der Waals surface area contributed by atoms with Gasteiger partial charge in [0, 0.05) is 12.2 Å². The lowest BCUT2D eigenvalue weighted by atomic mass is 9.83. The number of carbonyl (C=O) groups is 1. The number of rotatable bonds is 5. The van der Waals surface area contributed by atoms with E-state index in [9.17, 15) is 9.90 Å². The molecule has 4 nitrogen and oxygen atoms in total. The number of fused-ring (bicyclic) bond motifs is 1. The van der Waals surface area contributed by atoms with Gasteiger partial charge in [-0.3, -0.25) is 0 Å². The Labute approximate surface area is 113 Å². The van der Waals surface area contributed by atoms with Crippen LogP contribution in [0.4, 0.5) is 5.82 Å². The maximum absolute atomic E-state index is 11.3. The molecule has 102 valence electrons. The van der Waals surface area contributed by atoms with Gasteiger partial charge in [0.2, 0.25) is 0 Å². The van der Waals surface area contributed by atoms with Crippen molar-refractivity contribution in [3.8, 4) is 0 Å². The van der Waals surface area contributed by atoms with E-state index in [2.05, 4.69) is 10.3 Å². The zero-order valence-corrected chi connectivity index (χ0v) is 11.1. The highest BCUT2D eigenvalue weighted by atomic mass is 16.4. The van der Waals surface area contributed by atoms with Crippen molar-refractivity contribution in [2.75, 3.05) is 11.9 Å². The van der Waals surface area contributed by atoms with Crippen LogP contribution in [0.25, 0.3) is 0 Å². The van der Waals surface area contributed by atoms with Crippen LogP contribution in [0.3, 0.4) is 0 Å². The highest BCUT2D eigenvalue weighted by Crippen LogP contribution is 2.30. The second-order valence-corrected chi connectivity index (χ2v) is 5.66. The van der Waals surface area contributed by atoms with E-state index in [1.807, 2.05) is 6.07 Å². The third-order valence-electron chi connectivity index (χ3n) is 4.35. The number of aryl methyl sites for hydroxylation is 2. The summed E-state index contributed by atoms with van der Waals surface area (Å²) in [5.41, 5.74) is 2.52. The summed E-state index contributed by atoms with van der Waals surface area (Å²) in [6, 6.07) is 1.81. The molecule has 1 fully saturated rings. The molecule has 2 aliphatic rings. The fraction of sp³-hybridized carbons (Fsp3) is 0.600. The Morgan fingerprint density at radius 1 is 1.37 bits per heavy atom. The molecule has 0 atom stereocenters. The molecule has 0 spiro atoms. The molecule has 3 rings (SSSR count). The number of carboxylic acid groups (broad SMARTS) is 1. The molecule has 0 aliphatic heterocycles. The number of carboxylic acids is 1. The second-order valence-electron chi connectivity index (χ2n) is 5.66. The lowest BCUT2D eigenvalue weighted by molar-refractivity contribution is 0.0697. The molecule has 1 aromatic rings. The van der Waals surface area contributed by atoms with Crippen LogP contribution in [-0.2, 0) is 12.8 Å². The fourth-order valence-electron chi connectivity index (χ4n) is 2.95. The molecule has 4 heteroatoms. The van der Waals surface area contributed by atoms with Crippen LogP contribution in [0.15, 0.2) is 6.07 Å². The summed E-state index contributed by atoms with van der Waals surface area (Å²) in [4.78, 5) is 15.8. The molecule has 0 aromatic carbocycles. The lowest BCUT2D eigenvalue weighted by Crippen LogP contribution is -2.17. The smallest absolute Gasteiger partial charge is 0.339 e. The van der Waals surface area contributed by atoms with Crippen LogP contribution in [0.1, 0.15) is 53.7 Å². The lowest BCUT2D eigenvalue weighted by Gasteiger charge is -2.25. The molecule has 19 heavy (non-hydrogen) atoms. The topological polar surface area (TPSA) is 62.2 Å². The Kier molecular flexibility index (Phi) is 3.40. The summed E-state index contributed by atoms with van der Waals surface area (Å²) in [6.45, 7) is 0.830. The predicted octanol–water partition coefficient (Wildman–Crippen LogP) is 2.87. The summed E-state index contributed by atoms with van der Waals surface area (Å²) in [5.74, 6) is 0.510. The van der Waals surface area contributed by atoms with Crippen molar-refractivity contribution in [2.24, 2.45) is 5.92 Å². The van der Waals surface area contributed by atoms with Crippen LogP contribution in [0.5, 0.6) is 0 Å². The SMILES string of the molecule is O=C(O)c1cc2c(nc1NCCC1CCC1)CCC2. The van der Waals surface area contributed by atoms with Gasteiger partial charge in [0.05, 0.1) is 0 Å². The minimum atomic E-state index is -0.881. The fourth-order valence-corrected chi connectivity index (χ4v) is 2.95. The number of anilines is 1. The second kappa shape index (κ2) is 5.19. The molecular formula is C15H20N2O2. The number of hydrogen-bond donors (Lipinski definition) is 2. The summed E-state index contributed by atoms with van der Waals surface area (Å²) >= 11 is 0. The first kappa shape index (κ1) is 12.5. The van der Waals surface area contributed by atoms with Gasteiger partial charge in [0.15, 0.2) is 0 Å². The highest BCUT2D eigenvalue weighted by molar-refractivity contribution is 5.93. The Balaban J connectivity index is 1.72. The number of hydrogen-bond acceptors (Lipinski definition) is 3. The number of nitrogens with one attached hydrogen (secondary N) is 1. The number of nitrogens with zero attached hydrogens (tertiary/aromatic N) is 1. The van der Waals surface area contributed by atoms with Crippen LogP contribution >= 0.6 is 0 Å². The van der Waals surface area contributed by atoms with Crippen LogP contribution in [-0.4, -0.2) is 22.6 Å². The maximum atomic E-state index is 11.3. The highest BCUT2D eigenvalue weighted by Gasteiger charge is 2.21. The molecular weight excluding hydrogens is 240 g/mol. The minimum Gasteiger partial charge on any atom is -0.478 e. The standard InChI is InChI=1S/C15H20N2O2/c18-15(19)12-9-11-5-2-6-13(11)17-14(12)16-8-7-10-3-1-4-10/h9-10H,1-8H2,(H,16,17)(H,18,19). The van der Waals surface area contributed by atoms with Crippen LogP contribution in [0.2, 0.25) is 0 Å². The third-order valence-corrected chi connectivity index (χ3v) is 4.35. The van der Waals surface area contributed by atoms with E-state index in [0.717, 1.165) is 49.4 Å². The van der Waals surface area contributed by atoms with Crippen LogP contribution < -0.4 is 5.32 Å². The Bertz CT molecular complexity index is 495. The molecule has 2 aliphatic carbocycles. The van der Waals surface area contributed by atoms with Crippen molar-refractivity contribution >= 4 is 11.8 Å². The quantitative estimate of drug-likeness (QED) is 0.854. The summed E-state index contributed by atoms with van der Waals surface area (Å²) in [6.07, 6.45) is 8.15. The van der Waals surface area contributed by atoms with Gasteiger partial charge in [-0.05, 0) is 43.2 Å². The largest absolute Gasteiger partial charge is 0.478 e. The van der Waals surface area contributed by atoms with Crippen molar-refractivity contribution in [3.05, 3.63) is 22.9 Å². The molecule has 1 aromatic heterocycles. The molecule has 2 N–H and O–H groups in total. The Morgan fingerprint density at radius 3 is 2.89 bits per heavy atom. The van der Waals surface area contributed by atoms with E-state index in [0.29, 0.717) is 11.4 Å². The van der Waals surface area contributed by atoms with Crippen molar-refractivity contribution in [1.82, 2.24) is 4.98 Å². The Morgan fingerprint density at radius 2 is 2.21 bits per heavy atom. The van der Waals surface area contributed by atoms with Gasteiger partial charge < -0.3 is 10.4 Å². The van der Waals surface area contributed by atoms with Gasteiger partial charge in [-0.1, -0.05) is 19.3 Å². The first-order valence-corrected chi connectivity index (χ1v) is 7.24. The number of aromatic carboxylic acids is 1. The van der Waals surface area contributed by atoms with E-state index < -0.39 is 5.97 Å². The van der Waals surface area contributed by atoms with Gasteiger partial charge in [-0.15, -0.1) is 0 Å². The molecule has 1 heterocycles. The average Bonchev–Trinajstić information content (AvgIpc) is 2.78. The van der Waals surface area contributed by atoms with Crippen molar-refractivity contribution in [2.45, 2.75) is 44.9 Å². The summed E-state index contributed by atoms with van der Waals surface area (Å²) in [7, 11) is 0. The predicted molar refractivity (Wildman–Crippen MR) is 73.7 cm³/mol. The van der Waals surface area contributed by atoms with E-state index in [1.54, 1.807) is 0 Å². The summed E-state index contributed by atoms with van der Waals surface area (Å²) in [5, 5.41) is 12.5. The monoisotopic (exact) mass is 260 g/mol. The zero-order chi connectivity index (χ0) is 13.2. The first-order chi connectivity index (χ1) is 9.24. The molecule has 1 saturated carbocycles. The van der Waals surface area contributed by atoms with Gasteiger partial charge in [0.25, 0.3) is 0 Å². The van der Waals surface area contributed by atoms with E-state index >= 15 is 0 Å². The normalized spacial score (nSPS) is 17.9. The maximum Gasteiger partial charge on any atom is 0.339 e. The van der Waals surface area contributed by atoms with Crippen LogP contribution in [0, 0.1) is 5.92 Å². The molecule has 0 unspecified atom stereocenters. The zero-order valence-electron chi connectivity index (χ0n) is 11.1. The van der Waals surface area contributed by atoms with Gasteiger partial charge >= 0.3 is 5.97 Å². The van der Waals surface area contributed by atoms with Crippen molar-refractivity contribution < 1.29 is 9.90 Å². The number of aromatic nitrogens is 1. The average molecular weight is 260 g/mol. The molecule has 0 saturated heterocycles. The van der Waals surface area contributed by atoms with Crippen molar-refractivity contribution in [3.63, 3.8) is 0 Å². The molecule has 0 amide bonds. The van der Waals surface area contributed by atoms with Gasteiger partial charge in [-0.2, -0.15) is 0 Å². The van der Waals surface area contributed by atoms with Gasteiger partial charge in [-0.25, -0.2) is 9.78 Å². The summed E-state index contributed by atoms with van der Waals surface area (Å²) < 4.78 is 0. The molecule has 0 radical (unpaired) electrons. The van der Waals surface area contributed by atoms with E-state index in [-0.39, 0.29) is 0 Å². The Hall–Kier alpha value is -1.58. The first-order valence-electron chi connectivity index (χ1n) is 7.24. The van der Waals surface area contributed by atoms with E-state index in [1.165, 1.54) is 19.3 Å².